The molecule has 0 fully saturated rings. The highest BCUT2D eigenvalue weighted by Crippen LogP contribution is 2.21. The topological polar surface area (TPSA) is 92.4 Å². The molecule has 0 bridgehead atoms. The number of hydrogen-bond donors (Lipinski definition) is 3. The van der Waals surface area contributed by atoms with E-state index in [2.05, 4.69) is 4.72 Å². The molecule has 1 aromatic carbocycles. The molecule has 4 N–H and O–H groups in total. The second-order valence-electron chi connectivity index (χ2n) is 4.88. The molecule has 0 spiro atoms. The molecule has 0 aromatic heterocycles. The van der Waals surface area contributed by atoms with Crippen LogP contribution in [0.25, 0.3) is 0 Å². The summed E-state index contributed by atoms with van der Waals surface area (Å²) in [4.78, 5) is -0.243. The number of anilines is 1. The van der Waals surface area contributed by atoms with Gasteiger partial charge in [-0.1, -0.05) is 13.8 Å². The molecule has 0 saturated heterocycles. The number of hydrogen-bond acceptors (Lipinski definition) is 4. The summed E-state index contributed by atoms with van der Waals surface area (Å²) in [5.41, 5.74) is 4.75. The summed E-state index contributed by atoms with van der Waals surface area (Å²) in [6.07, 6.45) is 0.826. The van der Waals surface area contributed by atoms with Crippen molar-refractivity contribution in [3.05, 3.63) is 23.5 Å². The SMILES string of the molecule is CCC(O)(CC)CNS(=O)(=O)c1cc(N)c(C)c(F)c1. The fourth-order valence-electron chi connectivity index (χ4n) is 1.64. The quantitative estimate of drug-likeness (QED) is 0.695. The summed E-state index contributed by atoms with van der Waals surface area (Å²) in [6, 6.07) is 2.13. The van der Waals surface area contributed by atoms with Crippen LogP contribution in [0.4, 0.5) is 10.1 Å². The molecule has 114 valence electrons. The molecule has 1 rings (SSSR count). The van der Waals surface area contributed by atoms with Gasteiger partial charge in [0.2, 0.25) is 10.0 Å². The Morgan fingerprint density at radius 2 is 1.90 bits per heavy atom. The molecule has 0 aliphatic carbocycles. The first kappa shape index (κ1) is 16.9. The third-order valence-corrected chi connectivity index (χ3v) is 4.96. The van der Waals surface area contributed by atoms with Gasteiger partial charge in [0.15, 0.2) is 0 Å². The molecule has 7 heteroatoms. The summed E-state index contributed by atoms with van der Waals surface area (Å²) in [6.45, 7) is 4.88. The van der Waals surface area contributed by atoms with Crippen molar-refractivity contribution < 1.29 is 17.9 Å². The predicted octanol–water partition coefficient (Wildman–Crippen LogP) is 1.55. The Balaban J connectivity index is 3.01. The van der Waals surface area contributed by atoms with Crippen molar-refractivity contribution in [2.75, 3.05) is 12.3 Å². The number of nitrogens with two attached hydrogens (primary N) is 1. The van der Waals surface area contributed by atoms with Crippen LogP contribution in [-0.2, 0) is 10.0 Å². The van der Waals surface area contributed by atoms with Gasteiger partial charge in [-0.05, 0) is 31.9 Å². The molecule has 0 amide bonds. The zero-order chi connectivity index (χ0) is 15.6. The number of nitrogens with one attached hydrogen (secondary N) is 1. The molecular weight excluding hydrogens is 283 g/mol. The van der Waals surface area contributed by atoms with E-state index in [0.717, 1.165) is 6.07 Å². The summed E-state index contributed by atoms with van der Waals surface area (Å²) in [5.74, 6) is -0.674. The maximum absolute atomic E-state index is 13.6. The van der Waals surface area contributed by atoms with Crippen LogP contribution in [-0.4, -0.2) is 25.7 Å². The van der Waals surface area contributed by atoms with Gasteiger partial charge in [0.25, 0.3) is 0 Å². The number of aliphatic hydroxyl groups is 1. The molecule has 0 aliphatic rings. The normalized spacial score (nSPS) is 12.7. The molecule has 1 aromatic rings. The van der Waals surface area contributed by atoms with E-state index in [-0.39, 0.29) is 22.7 Å². The van der Waals surface area contributed by atoms with Gasteiger partial charge in [0.1, 0.15) is 5.82 Å². The molecule has 0 heterocycles. The van der Waals surface area contributed by atoms with E-state index < -0.39 is 21.4 Å². The second kappa shape index (κ2) is 6.07. The molecule has 0 saturated carbocycles. The second-order valence-corrected chi connectivity index (χ2v) is 6.64. The van der Waals surface area contributed by atoms with Gasteiger partial charge >= 0.3 is 0 Å². The van der Waals surface area contributed by atoms with Crippen LogP contribution >= 0.6 is 0 Å². The van der Waals surface area contributed by atoms with Gasteiger partial charge in [0, 0.05) is 17.8 Å². The molecule has 0 unspecified atom stereocenters. The van der Waals surface area contributed by atoms with Crippen molar-refractivity contribution in [2.24, 2.45) is 0 Å². The average Bonchev–Trinajstić information content (AvgIpc) is 2.41. The minimum absolute atomic E-state index is 0.0756. The highest BCUT2D eigenvalue weighted by molar-refractivity contribution is 7.89. The first-order valence-electron chi connectivity index (χ1n) is 6.43. The smallest absolute Gasteiger partial charge is 0.240 e. The number of nitrogen functional groups attached to an aromatic ring is 1. The van der Waals surface area contributed by atoms with Crippen molar-refractivity contribution >= 4 is 15.7 Å². The lowest BCUT2D eigenvalue weighted by molar-refractivity contribution is 0.0377. The molecule has 0 aliphatic heterocycles. The van der Waals surface area contributed by atoms with Crippen LogP contribution in [0, 0.1) is 12.7 Å². The van der Waals surface area contributed by atoms with Crippen molar-refractivity contribution in [1.82, 2.24) is 4.72 Å². The van der Waals surface area contributed by atoms with Crippen LogP contribution in [0.5, 0.6) is 0 Å². The van der Waals surface area contributed by atoms with Gasteiger partial charge in [-0.25, -0.2) is 17.5 Å². The fourth-order valence-corrected chi connectivity index (χ4v) is 2.81. The van der Waals surface area contributed by atoms with Crippen LogP contribution < -0.4 is 10.5 Å². The van der Waals surface area contributed by atoms with Gasteiger partial charge < -0.3 is 10.8 Å². The lowest BCUT2D eigenvalue weighted by Gasteiger charge is -2.25. The van der Waals surface area contributed by atoms with Gasteiger partial charge in [0.05, 0.1) is 10.5 Å². The van der Waals surface area contributed by atoms with E-state index in [1.807, 2.05) is 0 Å². The molecule has 0 atom stereocenters. The summed E-state index contributed by atoms with van der Waals surface area (Å²) >= 11 is 0. The predicted molar refractivity (Wildman–Crippen MR) is 76.3 cm³/mol. The first-order valence-corrected chi connectivity index (χ1v) is 7.91. The van der Waals surface area contributed by atoms with E-state index in [1.165, 1.54) is 13.0 Å². The Morgan fingerprint density at radius 3 is 2.35 bits per heavy atom. The van der Waals surface area contributed by atoms with Crippen LogP contribution in [0.2, 0.25) is 0 Å². The maximum Gasteiger partial charge on any atom is 0.240 e. The molecule has 0 radical (unpaired) electrons. The summed E-state index contributed by atoms with van der Waals surface area (Å²) < 4.78 is 40.0. The minimum atomic E-state index is -3.91. The third kappa shape index (κ3) is 3.68. The molecule has 20 heavy (non-hydrogen) atoms. The Hall–Kier alpha value is -1.18. The molecular formula is C13H21FN2O3S. The third-order valence-electron chi connectivity index (χ3n) is 3.58. The van der Waals surface area contributed by atoms with Crippen molar-refractivity contribution in [3.63, 3.8) is 0 Å². The molecule has 5 nitrogen and oxygen atoms in total. The number of benzene rings is 1. The Labute approximate surface area is 119 Å². The Bertz CT molecular complexity index is 560. The van der Waals surface area contributed by atoms with Crippen LogP contribution in [0.1, 0.15) is 32.3 Å². The van der Waals surface area contributed by atoms with E-state index in [9.17, 15) is 17.9 Å². The zero-order valence-electron chi connectivity index (χ0n) is 11.9. The first-order chi connectivity index (χ1) is 9.15. The summed E-state index contributed by atoms with van der Waals surface area (Å²) in [5, 5.41) is 10.1. The monoisotopic (exact) mass is 304 g/mol. The number of halogens is 1. The Kier molecular flexibility index (Phi) is 5.12. The van der Waals surface area contributed by atoms with Crippen LogP contribution in [0.15, 0.2) is 17.0 Å². The average molecular weight is 304 g/mol. The highest BCUT2D eigenvalue weighted by Gasteiger charge is 2.26. The van der Waals surface area contributed by atoms with E-state index >= 15 is 0 Å². The number of sulfonamides is 1. The van der Waals surface area contributed by atoms with E-state index in [4.69, 9.17) is 5.73 Å². The highest BCUT2D eigenvalue weighted by atomic mass is 32.2. The maximum atomic E-state index is 13.6. The largest absolute Gasteiger partial charge is 0.398 e. The number of rotatable bonds is 6. The van der Waals surface area contributed by atoms with Gasteiger partial charge in [-0.3, -0.25) is 0 Å². The van der Waals surface area contributed by atoms with Crippen LogP contribution in [0.3, 0.4) is 0 Å². The fraction of sp³-hybridized carbons (Fsp3) is 0.538. The Morgan fingerprint density at radius 1 is 1.35 bits per heavy atom. The lowest BCUT2D eigenvalue weighted by atomic mass is 9.98. The summed E-state index contributed by atoms with van der Waals surface area (Å²) in [7, 11) is -3.91. The van der Waals surface area contributed by atoms with E-state index in [0.29, 0.717) is 12.8 Å². The lowest BCUT2D eigenvalue weighted by Crippen LogP contribution is -2.42. The van der Waals surface area contributed by atoms with E-state index in [1.54, 1.807) is 13.8 Å². The van der Waals surface area contributed by atoms with Gasteiger partial charge in [-0.2, -0.15) is 0 Å². The van der Waals surface area contributed by atoms with Crippen molar-refractivity contribution in [1.29, 1.82) is 0 Å². The van der Waals surface area contributed by atoms with Crippen molar-refractivity contribution in [2.45, 2.75) is 44.1 Å². The van der Waals surface area contributed by atoms with Gasteiger partial charge in [-0.15, -0.1) is 0 Å². The van der Waals surface area contributed by atoms with Crippen molar-refractivity contribution in [3.8, 4) is 0 Å². The standard InChI is InChI=1S/C13H21FN2O3S/c1-4-13(17,5-2)8-16-20(18,19)10-6-11(14)9(3)12(15)7-10/h6-7,16-17H,4-5,8,15H2,1-3H3. The zero-order valence-corrected chi connectivity index (χ0v) is 12.7. The minimum Gasteiger partial charge on any atom is -0.398 e.